The van der Waals surface area contributed by atoms with E-state index < -0.39 is 0 Å². The highest BCUT2D eigenvalue weighted by atomic mass is 16.2. The van der Waals surface area contributed by atoms with Crippen molar-refractivity contribution in [2.75, 3.05) is 5.32 Å². The van der Waals surface area contributed by atoms with Crippen LogP contribution in [0.2, 0.25) is 0 Å². The van der Waals surface area contributed by atoms with Crippen molar-refractivity contribution in [1.82, 2.24) is 15.2 Å². The number of carbonyl (C=O) groups is 1. The molecule has 0 saturated heterocycles. The molecule has 1 amide bonds. The van der Waals surface area contributed by atoms with Gasteiger partial charge in [0.2, 0.25) is 5.56 Å². The maximum Gasteiger partial charge on any atom is 0.257 e. The molecule has 0 aliphatic carbocycles. The summed E-state index contributed by atoms with van der Waals surface area (Å²) in [4.78, 5) is 25.3. The summed E-state index contributed by atoms with van der Waals surface area (Å²) in [6.45, 7) is 1.97. The van der Waals surface area contributed by atoms with E-state index in [1.807, 2.05) is 6.92 Å². The number of hydrogen-bond donors (Lipinski definition) is 3. The van der Waals surface area contributed by atoms with E-state index in [4.69, 9.17) is 0 Å². The predicted molar refractivity (Wildman–Crippen MR) is 63.0 cm³/mol. The molecule has 88 valence electrons. The Balaban J connectivity index is 2.20. The molecule has 3 N–H and O–H groups in total. The molecule has 0 aliphatic rings. The Morgan fingerprint density at radius 3 is 3.06 bits per heavy atom. The molecular formula is C11H12N4O2. The first-order valence-electron chi connectivity index (χ1n) is 5.23. The van der Waals surface area contributed by atoms with E-state index >= 15 is 0 Å². The molecule has 2 aromatic rings. The third-order valence-corrected chi connectivity index (χ3v) is 2.37. The molecule has 6 nitrogen and oxygen atoms in total. The number of H-pyrrole nitrogens is 2. The normalized spacial score (nSPS) is 10.2. The third-order valence-electron chi connectivity index (χ3n) is 2.37. The minimum atomic E-state index is -0.338. The van der Waals surface area contributed by atoms with E-state index in [1.54, 1.807) is 12.3 Å². The van der Waals surface area contributed by atoms with Gasteiger partial charge in [0.05, 0.1) is 6.20 Å². The summed E-state index contributed by atoms with van der Waals surface area (Å²) in [5, 5.41) is 9.23. The number of nitrogens with zero attached hydrogens (tertiary/aromatic N) is 1. The number of hydrogen-bond acceptors (Lipinski definition) is 3. The zero-order valence-corrected chi connectivity index (χ0v) is 9.28. The molecule has 0 atom stereocenters. The number of aryl methyl sites for hydroxylation is 1. The fraction of sp³-hybridized carbons (Fsp3) is 0.182. The van der Waals surface area contributed by atoms with Crippen molar-refractivity contribution < 1.29 is 4.79 Å². The first kappa shape index (κ1) is 11.1. The number of rotatable bonds is 3. The summed E-state index contributed by atoms with van der Waals surface area (Å²) < 4.78 is 0. The highest BCUT2D eigenvalue weighted by Gasteiger charge is 2.09. The standard InChI is InChI=1S/C11H12N4O2/c1-2-7-6-13-15-10(7)14-11(17)8-3-4-12-9(16)5-8/h3-6H,2H2,1H3,(H,12,16)(H2,13,14,15,17). The van der Waals surface area contributed by atoms with Crippen LogP contribution in [-0.2, 0) is 6.42 Å². The molecular weight excluding hydrogens is 220 g/mol. The number of anilines is 1. The molecule has 2 aromatic heterocycles. The maximum atomic E-state index is 11.8. The van der Waals surface area contributed by atoms with Gasteiger partial charge in [-0.15, -0.1) is 0 Å². The quantitative estimate of drug-likeness (QED) is 0.734. The van der Waals surface area contributed by atoms with Gasteiger partial charge in [-0.05, 0) is 12.5 Å². The number of amides is 1. The number of pyridine rings is 1. The topological polar surface area (TPSA) is 90.6 Å². The van der Waals surface area contributed by atoms with Crippen molar-refractivity contribution in [2.45, 2.75) is 13.3 Å². The first-order chi connectivity index (χ1) is 8.20. The average Bonchev–Trinajstić information content (AvgIpc) is 2.76. The van der Waals surface area contributed by atoms with Crippen molar-refractivity contribution in [3.63, 3.8) is 0 Å². The Morgan fingerprint density at radius 1 is 1.53 bits per heavy atom. The Bertz CT molecular complexity index is 585. The van der Waals surface area contributed by atoms with Crippen molar-refractivity contribution >= 4 is 11.7 Å². The van der Waals surface area contributed by atoms with Crippen molar-refractivity contribution in [3.05, 3.63) is 46.0 Å². The lowest BCUT2D eigenvalue weighted by Crippen LogP contribution is -2.16. The van der Waals surface area contributed by atoms with Crippen molar-refractivity contribution in [3.8, 4) is 0 Å². The highest BCUT2D eigenvalue weighted by Crippen LogP contribution is 2.12. The zero-order valence-electron chi connectivity index (χ0n) is 9.28. The van der Waals surface area contributed by atoms with Gasteiger partial charge in [0, 0.05) is 23.4 Å². The Kier molecular flexibility index (Phi) is 3.04. The van der Waals surface area contributed by atoms with Crippen LogP contribution in [-0.4, -0.2) is 21.1 Å². The van der Waals surface area contributed by atoms with E-state index in [1.165, 1.54) is 12.3 Å². The maximum absolute atomic E-state index is 11.8. The van der Waals surface area contributed by atoms with Gasteiger partial charge in [-0.25, -0.2) is 0 Å². The van der Waals surface area contributed by atoms with Crippen LogP contribution in [0.5, 0.6) is 0 Å². The molecule has 0 unspecified atom stereocenters. The number of aromatic amines is 2. The summed E-state index contributed by atoms with van der Waals surface area (Å²) in [6, 6.07) is 2.79. The third kappa shape index (κ3) is 2.41. The van der Waals surface area contributed by atoms with Gasteiger partial charge in [-0.2, -0.15) is 5.10 Å². The average molecular weight is 232 g/mol. The van der Waals surface area contributed by atoms with Crippen LogP contribution in [0.3, 0.4) is 0 Å². The van der Waals surface area contributed by atoms with Gasteiger partial charge >= 0.3 is 0 Å². The van der Waals surface area contributed by atoms with E-state index in [2.05, 4.69) is 20.5 Å². The fourth-order valence-corrected chi connectivity index (χ4v) is 1.46. The zero-order chi connectivity index (χ0) is 12.3. The van der Waals surface area contributed by atoms with Gasteiger partial charge < -0.3 is 10.3 Å². The SMILES string of the molecule is CCc1cn[nH]c1NC(=O)c1cc[nH]c(=O)c1. The molecule has 2 rings (SSSR count). The molecule has 0 spiro atoms. The molecule has 0 saturated carbocycles. The summed E-state index contributed by atoms with van der Waals surface area (Å²) in [5.74, 6) is 0.229. The largest absolute Gasteiger partial charge is 0.329 e. The second kappa shape index (κ2) is 4.65. The van der Waals surface area contributed by atoms with Crippen LogP contribution in [0.4, 0.5) is 5.82 Å². The molecule has 6 heteroatoms. The predicted octanol–water partition coefficient (Wildman–Crippen LogP) is 0.913. The molecule has 2 heterocycles. The monoisotopic (exact) mass is 232 g/mol. The minimum Gasteiger partial charge on any atom is -0.329 e. The summed E-state index contributed by atoms with van der Waals surface area (Å²) in [5.41, 5.74) is 0.923. The van der Waals surface area contributed by atoms with Crippen LogP contribution in [0, 0.1) is 0 Å². The summed E-state index contributed by atoms with van der Waals surface area (Å²) >= 11 is 0. The fourth-order valence-electron chi connectivity index (χ4n) is 1.46. The van der Waals surface area contributed by atoms with E-state index in [0.29, 0.717) is 11.4 Å². The van der Waals surface area contributed by atoms with Crippen LogP contribution in [0.15, 0.2) is 29.3 Å². The Labute approximate surface area is 97.1 Å². The van der Waals surface area contributed by atoms with Gasteiger partial charge in [-0.3, -0.25) is 14.7 Å². The first-order valence-corrected chi connectivity index (χ1v) is 5.23. The van der Waals surface area contributed by atoms with Crippen LogP contribution < -0.4 is 10.9 Å². The summed E-state index contributed by atoms with van der Waals surface area (Å²) in [6.07, 6.45) is 3.86. The smallest absolute Gasteiger partial charge is 0.257 e. The van der Waals surface area contributed by atoms with Gasteiger partial charge in [0.1, 0.15) is 5.82 Å². The van der Waals surface area contributed by atoms with Crippen molar-refractivity contribution in [1.29, 1.82) is 0 Å². The number of carbonyl (C=O) groups excluding carboxylic acids is 1. The molecule has 0 radical (unpaired) electrons. The minimum absolute atomic E-state index is 0.307. The van der Waals surface area contributed by atoms with Crippen LogP contribution in [0.1, 0.15) is 22.8 Å². The molecule has 0 bridgehead atoms. The lowest BCUT2D eigenvalue weighted by molar-refractivity contribution is 0.102. The van der Waals surface area contributed by atoms with E-state index in [-0.39, 0.29) is 11.5 Å². The second-order valence-electron chi connectivity index (χ2n) is 3.52. The molecule has 0 aromatic carbocycles. The number of nitrogens with one attached hydrogen (secondary N) is 3. The lowest BCUT2D eigenvalue weighted by Gasteiger charge is -2.03. The lowest BCUT2D eigenvalue weighted by atomic mass is 10.2. The van der Waals surface area contributed by atoms with Gasteiger partial charge in [0.15, 0.2) is 0 Å². The van der Waals surface area contributed by atoms with E-state index in [0.717, 1.165) is 12.0 Å². The highest BCUT2D eigenvalue weighted by molar-refractivity contribution is 6.03. The molecule has 0 aliphatic heterocycles. The Morgan fingerprint density at radius 2 is 2.35 bits per heavy atom. The van der Waals surface area contributed by atoms with Crippen molar-refractivity contribution in [2.24, 2.45) is 0 Å². The second-order valence-corrected chi connectivity index (χ2v) is 3.52. The van der Waals surface area contributed by atoms with Gasteiger partial charge in [0.25, 0.3) is 5.91 Å². The summed E-state index contributed by atoms with van der Waals surface area (Å²) in [7, 11) is 0. The molecule has 17 heavy (non-hydrogen) atoms. The van der Waals surface area contributed by atoms with E-state index in [9.17, 15) is 9.59 Å². The Hall–Kier alpha value is -2.37. The van der Waals surface area contributed by atoms with Crippen LogP contribution >= 0.6 is 0 Å². The number of aromatic nitrogens is 3. The van der Waals surface area contributed by atoms with Gasteiger partial charge in [-0.1, -0.05) is 6.92 Å². The van der Waals surface area contributed by atoms with Crippen LogP contribution in [0.25, 0.3) is 0 Å². The molecule has 0 fully saturated rings.